The van der Waals surface area contributed by atoms with Crippen LogP contribution < -0.4 is 4.74 Å². The van der Waals surface area contributed by atoms with Gasteiger partial charge in [0.2, 0.25) is 5.91 Å². The molecule has 2 aromatic carbocycles. The molecular weight excluding hydrogens is 379 g/mol. The highest BCUT2D eigenvalue weighted by atomic mass is 35.5. The molecule has 0 radical (unpaired) electrons. The first-order valence-corrected chi connectivity index (χ1v) is 9.42. The van der Waals surface area contributed by atoms with E-state index in [1.54, 1.807) is 25.3 Å². The van der Waals surface area contributed by atoms with E-state index >= 15 is 0 Å². The molecule has 2 aliphatic rings. The molecule has 1 amide bonds. The number of rotatable bonds is 4. The molecule has 150 valence electrons. The average molecular weight is 405 g/mol. The predicted octanol–water partition coefficient (Wildman–Crippen LogP) is 3.56. The van der Waals surface area contributed by atoms with Crippen molar-refractivity contribution in [3.05, 3.63) is 65.5 Å². The zero-order valence-corrected chi connectivity index (χ0v) is 17.0. The Labute approximate surface area is 171 Å². The zero-order chi connectivity index (χ0) is 19.0. The van der Waals surface area contributed by atoms with Gasteiger partial charge in [0, 0.05) is 31.6 Å². The Bertz CT molecular complexity index is 830. The minimum absolute atomic E-state index is 0. The van der Waals surface area contributed by atoms with E-state index in [9.17, 15) is 9.18 Å². The number of nitrogens with zero attached hydrogens (tertiary/aromatic N) is 2. The minimum atomic E-state index is -0.305. The third-order valence-corrected chi connectivity index (χ3v) is 6.00. The standard InChI is InChI=1S/C22H25FN2O2.ClH/c1-24-12-17-13-25(21(26)11-16-5-3-4-6-20(16)23)14-19(17)22(24)15-7-9-18(27-2)10-8-15;/h3-10,17,19,22H,11-14H2,1-2H3;1H/t17-,19+,22-;/m0./s1. The molecule has 0 aliphatic carbocycles. The van der Waals surface area contributed by atoms with E-state index in [4.69, 9.17) is 4.74 Å². The van der Waals surface area contributed by atoms with Gasteiger partial charge in [0.25, 0.3) is 0 Å². The fourth-order valence-corrected chi connectivity index (χ4v) is 4.68. The summed E-state index contributed by atoms with van der Waals surface area (Å²) >= 11 is 0. The monoisotopic (exact) mass is 404 g/mol. The van der Waals surface area contributed by atoms with Crippen molar-refractivity contribution >= 4 is 18.3 Å². The van der Waals surface area contributed by atoms with E-state index in [2.05, 4.69) is 24.1 Å². The molecular formula is C22H26ClFN2O2. The fourth-order valence-electron chi connectivity index (χ4n) is 4.68. The lowest BCUT2D eigenvalue weighted by Crippen LogP contribution is -2.34. The van der Waals surface area contributed by atoms with Crippen LogP contribution in [0.5, 0.6) is 5.75 Å². The summed E-state index contributed by atoms with van der Waals surface area (Å²) in [5.41, 5.74) is 1.73. The molecule has 28 heavy (non-hydrogen) atoms. The van der Waals surface area contributed by atoms with Crippen molar-refractivity contribution in [2.45, 2.75) is 12.5 Å². The van der Waals surface area contributed by atoms with E-state index in [1.807, 2.05) is 17.0 Å². The second kappa shape index (κ2) is 8.50. The van der Waals surface area contributed by atoms with Crippen LogP contribution in [0.4, 0.5) is 4.39 Å². The maximum Gasteiger partial charge on any atom is 0.227 e. The van der Waals surface area contributed by atoms with Gasteiger partial charge in [-0.2, -0.15) is 0 Å². The van der Waals surface area contributed by atoms with Crippen molar-refractivity contribution in [3.63, 3.8) is 0 Å². The van der Waals surface area contributed by atoms with E-state index in [0.29, 0.717) is 23.4 Å². The lowest BCUT2D eigenvalue weighted by Gasteiger charge is -2.27. The highest BCUT2D eigenvalue weighted by Crippen LogP contribution is 2.44. The molecule has 2 fully saturated rings. The van der Waals surface area contributed by atoms with Crippen molar-refractivity contribution in [3.8, 4) is 5.75 Å². The number of benzene rings is 2. The molecule has 0 N–H and O–H groups in total. The fraction of sp³-hybridized carbons (Fsp3) is 0.409. The SMILES string of the molecule is COc1ccc([C@H]2[C@@H]3CN(C(=O)Cc4ccccc4F)C[C@@H]3CN2C)cc1.Cl. The number of fused-ring (bicyclic) bond motifs is 1. The summed E-state index contributed by atoms with van der Waals surface area (Å²) in [7, 11) is 3.82. The van der Waals surface area contributed by atoms with Crippen LogP contribution in [0, 0.1) is 17.7 Å². The summed E-state index contributed by atoms with van der Waals surface area (Å²) in [4.78, 5) is 17.0. The Balaban J connectivity index is 0.00000225. The average Bonchev–Trinajstić information content (AvgIpc) is 3.20. The van der Waals surface area contributed by atoms with Gasteiger partial charge in [-0.1, -0.05) is 30.3 Å². The first-order chi connectivity index (χ1) is 13.1. The highest BCUT2D eigenvalue weighted by molar-refractivity contribution is 5.85. The number of hydrogen-bond acceptors (Lipinski definition) is 3. The minimum Gasteiger partial charge on any atom is -0.497 e. The van der Waals surface area contributed by atoms with E-state index in [0.717, 1.165) is 25.4 Å². The number of carbonyl (C=O) groups is 1. The Kier molecular flexibility index (Phi) is 6.26. The normalized spacial score (nSPS) is 24.0. The molecule has 2 saturated heterocycles. The van der Waals surface area contributed by atoms with Crippen LogP contribution in [0.1, 0.15) is 17.2 Å². The van der Waals surface area contributed by atoms with Gasteiger partial charge in [-0.3, -0.25) is 9.69 Å². The van der Waals surface area contributed by atoms with Crippen LogP contribution in [0.25, 0.3) is 0 Å². The van der Waals surface area contributed by atoms with Gasteiger partial charge in [0.15, 0.2) is 0 Å². The summed E-state index contributed by atoms with van der Waals surface area (Å²) in [6.07, 6.45) is 0.134. The van der Waals surface area contributed by atoms with Gasteiger partial charge in [-0.15, -0.1) is 12.4 Å². The summed E-state index contributed by atoms with van der Waals surface area (Å²) in [6.45, 7) is 2.47. The number of likely N-dealkylation sites (tertiary alicyclic amines) is 2. The first kappa shape index (κ1) is 20.6. The van der Waals surface area contributed by atoms with Crippen LogP contribution in [0.3, 0.4) is 0 Å². The Morgan fingerprint density at radius 2 is 1.82 bits per heavy atom. The van der Waals surface area contributed by atoms with Crippen LogP contribution in [0.2, 0.25) is 0 Å². The molecule has 0 saturated carbocycles. The van der Waals surface area contributed by atoms with Crippen LogP contribution in [-0.4, -0.2) is 49.5 Å². The predicted molar refractivity (Wildman–Crippen MR) is 109 cm³/mol. The van der Waals surface area contributed by atoms with Crippen LogP contribution in [-0.2, 0) is 11.2 Å². The van der Waals surface area contributed by atoms with Gasteiger partial charge in [-0.05, 0) is 42.3 Å². The highest BCUT2D eigenvalue weighted by Gasteiger charge is 2.47. The lowest BCUT2D eigenvalue weighted by molar-refractivity contribution is -0.129. The van der Waals surface area contributed by atoms with Crippen LogP contribution in [0.15, 0.2) is 48.5 Å². The van der Waals surface area contributed by atoms with Crippen molar-refractivity contribution < 1.29 is 13.9 Å². The molecule has 3 atom stereocenters. The van der Waals surface area contributed by atoms with Crippen molar-refractivity contribution in [2.75, 3.05) is 33.8 Å². The molecule has 4 nitrogen and oxygen atoms in total. The number of halogens is 2. The number of ether oxygens (including phenoxy) is 1. The molecule has 0 aromatic heterocycles. The zero-order valence-electron chi connectivity index (χ0n) is 16.2. The second-order valence-electron chi connectivity index (χ2n) is 7.65. The third kappa shape index (κ3) is 3.87. The maximum absolute atomic E-state index is 13.9. The first-order valence-electron chi connectivity index (χ1n) is 9.42. The molecule has 2 aromatic rings. The largest absolute Gasteiger partial charge is 0.497 e. The topological polar surface area (TPSA) is 32.8 Å². The molecule has 0 bridgehead atoms. The van der Waals surface area contributed by atoms with Gasteiger partial charge in [-0.25, -0.2) is 4.39 Å². The molecule has 4 rings (SSSR count). The maximum atomic E-state index is 13.9. The number of amides is 1. The summed E-state index contributed by atoms with van der Waals surface area (Å²) in [6, 6.07) is 15.1. The smallest absolute Gasteiger partial charge is 0.227 e. The molecule has 2 heterocycles. The molecule has 0 spiro atoms. The second-order valence-corrected chi connectivity index (χ2v) is 7.65. The van der Waals surface area contributed by atoms with Gasteiger partial charge in [0.1, 0.15) is 11.6 Å². The van der Waals surface area contributed by atoms with Crippen molar-refractivity contribution in [2.24, 2.45) is 11.8 Å². The third-order valence-electron chi connectivity index (χ3n) is 6.00. The van der Waals surface area contributed by atoms with Crippen molar-refractivity contribution in [1.29, 1.82) is 0 Å². The summed E-state index contributed by atoms with van der Waals surface area (Å²) in [5, 5.41) is 0. The lowest BCUT2D eigenvalue weighted by atomic mass is 9.89. The molecule has 0 unspecified atom stereocenters. The molecule has 2 aliphatic heterocycles. The Hall–Kier alpha value is -2.11. The summed E-state index contributed by atoms with van der Waals surface area (Å²) < 4.78 is 19.1. The Morgan fingerprint density at radius 1 is 1.11 bits per heavy atom. The van der Waals surface area contributed by atoms with E-state index in [1.165, 1.54) is 11.6 Å². The van der Waals surface area contributed by atoms with E-state index in [-0.39, 0.29) is 30.6 Å². The van der Waals surface area contributed by atoms with Crippen molar-refractivity contribution in [1.82, 2.24) is 9.80 Å². The van der Waals surface area contributed by atoms with Gasteiger partial charge in [0.05, 0.1) is 13.5 Å². The van der Waals surface area contributed by atoms with Gasteiger partial charge >= 0.3 is 0 Å². The van der Waals surface area contributed by atoms with Crippen LogP contribution >= 0.6 is 12.4 Å². The molecule has 6 heteroatoms. The van der Waals surface area contributed by atoms with E-state index < -0.39 is 0 Å². The van der Waals surface area contributed by atoms with Gasteiger partial charge < -0.3 is 9.64 Å². The number of methoxy groups -OCH3 is 1. The summed E-state index contributed by atoms with van der Waals surface area (Å²) in [5.74, 6) is 1.44. The number of hydrogen-bond donors (Lipinski definition) is 0. The number of carbonyl (C=O) groups excluding carboxylic acids is 1. The quantitative estimate of drug-likeness (QED) is 0.781. The Morgan fingerprint density at radius 3 is 2.50 bits per heavy atom.